The minimum atomic E-state index is 0.453. The molecule has 0 bridgehead atoms. The molecule has 1 aromatic carbocycles. The maximum atomic E-state index is 5.28. The van der Waals surface area contributed by atoms with Crippen molar-refractivity contribution in [2.75, 3.05) is 25.6 Å². The number of methoxy groups -OCH3 is 1. The molecule has 0 saturated carbocycles. The Labute approximate surface area is 116 Å². The smallest absolute Gasteiger partial charge is 0.0615 e. The molecule has 1 unspecified atom stereocenters. The van der Waals surface area contributed by atoms with Crippen molar-refractivity contribution in [2.45, 2.75) is 45.2 Å². The zero-order valence-corrected chi connectivity index (χ0v) is 12.2. The average Bonchev–Trinajstić information content (AvgIpc) is 2.45. The van der Waals surface area contributed by atoms with Crippen LogP contribution in [0, 0.1) is 0 Å². The van der Waals surface area contributed by atoms with E-state index < -0.39 is 0 Å². The Morgan fingerprint density at radius 1 is 1.42 bits per heavy atom. The third kappa shape index (κ3) is 3.95. The molecular formula is C16H26N2O. The van der Waals surface area contributed by atoms with Gasteiger partial charge in [0.1, 0.15) is 0 Å². The minimum absolute atomic E-state index is 0.453. The maximum Gasteiger partial charge on any atom is 0.0615 e. The van der Waals surface area contributed by atoms with Gasteiger partial charge in [-0.25, -0.2) is 0 Å². The predicted octanol–water partition coefficient (Wildman–Crippen LogP) is 2.95. The third-order valence-corrected chi connectivity index (χ3v) is 3.75. The molecule has 3 nitrogen and oxygen atoms in total. The Balaban J connectivity index is 1.98. The Bertz CT molecular complexity index is 386. The molecule has 2 N–H and O–H groups in total. The molecule has 106 valence electrons. The van der Waals surface area contributed by atoms with Gasteiger partial charge in [0.15, 0.2) is 0 Å². The molecule has 1 aromatic rings. The van der Waals surface area contributed by atoms with Crippen LogP contribution in [-0.2, 0) is 17.7 Å². The first-order valence-electron chi connectivity index (χ1n) is 7.42. The lowest BCUT2D eigenvalue weighted by atomic mass is 9.99. The van der Waals surface area contributed by atoms with Crippen molar-refractivity contribution in [3.8, 4) is 0 Å². The molecule has 0 amide bonds. The van der Waals surface area contributed by atoms with Crippen LogP contribution in [0.2, 0.25) is 0 Å². The molecule has 0 spiro atoms. The number of hydrogen-bond donors (Lipinski definition) is 2. The number of hydrogen-bond acceptors (Lipinski definition) is 3. The van der Waals surface area contributed by atoms with Gasteiger partial charge in [0, 0.05) is 31.9 Å². The summed E-state index contributed by atoms with van der Waals surface area (Å²) < 4.78 is 5.28. The summed E-state index contributed by atoms with van der Waals surface area (Å²) in [5.41, 5.74) is 4.20. The largest absolute Gasteiger partial charge is 0.385 e. The van der Waals surface area contributed by atoms with Crippen LogP contribution < -0.4 is 10.6 Å². The van der Waals surface area contributed by atoms with Crippen LogP contribution in [0.3, 0.4) is 0 Å². The number of nitrogens with one attached hydrogen (secondary N) is 2. The molecule has 19 heavy (non-hydrogen) atoms. The van der Waals surface area contributed by atoms with Crippen molar-refractivity contribution < 1.29 is 4.74 Å². The molecule has 1 heterocycles. The molecule has 0 saturated heterocycles. The van der Waals surface area contributed by atoms with Gasteiger partial charge < -0.3 is 15.4 Å². The van der Waals surface area contributed by atoms with Crippen molar-refractivity contribution in [2.24, 2.45) is 0 Å². The van der Waals surface area contributed by atoms with E-state index in [1.54, 1.807) is 7.11 Å². The molecule has 3 heteroatoms. The van der Waals surface area contributed by atoms with Crippen LogP contribution >= 0.6 is 0 Å². The van der Waals surface area contributed by atoms with Gasteiger partial charge in [-0.2, -0.15) is 0 Å². The molecule has 0 fully saturated rings. The highest BCUT2D eigenvalue weighted by atomic mass is 16.5. The number of fused-ring (bicyclic) bond motifs is 1. The second-order valence-corrected chi connectivity index (χ2v) is 5.30. The zero-order valence-electron chi connectivity index (χ0n) is 12.2. The lowest BCUT2D eigenvalue weighted by Crippen LogP contribution is -2.33. The Morgan fingerprint density at radius 2 is 2.32 bits per heavy atom. The van der Waals surface area contributed by atoms with Crippen LogP contribution in [0.4, 0.5) is 5.69 Å². The third-order valence-electron chi connectivity index (χ3n) is 3.75. The molecule has 0 aliphatic carbocycles. The zero-order chi connectivity index (χ0) is 13.5. The van der Waals surface area contributed by atoms with E-state index in [-0.39, 0.29) is 0 Å². The number of benzene rings is 1. The minimum Gasteiger partial charge on any atom is -0.385 e. The van der Waals surface area contributed by atoms with Gasteiger partial charge in [-0.3, -0.25) is 0 Å². The first kappa shape index (κ1) is 14.4. The predicted molar refractivity (Wildman–Crippen MR) is 80.7 cm³/mol. The summed E-state index contributed by atoms with van der Waals surface area (Å²) in [4.78, 5) is 0. The van der Waals surface area contributed by atoms with Crippen molar-refractivity contribution in [1.29, 1.82) is 0 Å². The second-order valence-electron chi connectivity index (χ2n) is 5.30. The van der Waals surface area contributed by atoms with Gasteiger partial charge in [0.05, 0.1) is 6.61 Å². The van der Waals surface area contributed by atoms with E-state index in [4.69, 9.17) is 4.74 Å². The van der Waals surface area contributed by atoms with E-state index in [1.165, 1.54) is 36.1 Å². The summed E-state index contributed by atoms with van der Waals surface area (Å²) in [5.74, 6) is 0. The molecule has 1 atom stereocenters. The van der Waals surface area contributed by atoms with Crippen LogP contribution in [0.25, 0.3) is 0 Å². The number of para-hydroxylation sites is 1. The van der Waals surface area contributed by atoms with E-state index in [2.05, 4.69) is 35.8 Å². The Hall–Kier alpha value is -1.06. The number of anilines is 1. The Morgan fingerprint density at radius 3 is 3.11 bits per heavy atom. The van der Waals surface area contributed by atoms with Gasteiger partial charge in [-0.15, -0.1) is 0 Å². The number of ether oxygens (including phenoxy) is 1. The van der Waals surface area contributed by atoms with Crippen LogP contribution in [0.5, 0.6) is 0 Å². The molecular weight excluding hydrogens is 236 g/mol. The highest BCUT2D eigenvalue weighted by Gasteiger charge is 2.13. The quantitative estimate of drug-likeness (QED) is 0.792. The normalized spacial score (nSPS) is 15.7. The van der Waals surface area contributed by atoms with Gasteiger partial charge in [-0.1, -0.05) is 31.5 Å². The maximum absolute atomic E-state index is 5.28. The molecule has 1 aliphatic heterocycles. The highest BCUT2D eigenvalue weighted by Crippen LogP contribution is 2.26. The number of aryl methyl sites for hydroxylation is 1. The summed E-state index contributed by atoms with van der Waals surface area (Å²) >= 11 is 0. The van der Waals surface area contributed by atoms with Crippen LogP contribution in [0.15, 0.2) is 18.2 Å². The van der Waals surface area contributed by atoms with Crippen molar-refractivity contribution in [3.05, 3.63) is 29.3 Å². The van der Waals surface area contributed by atoms with Gasteiger partial charge in [-0.05, 0) is 30.4 Å². The molecule has 1 aliphatic rings. The van der Waals surface area contributed by atoms with Gasteiger partial charge in [0.25, 0.3) is 0 Å². The van der Waals surface area contributed by atoms with Crippen molar-refractivity contribution in [1.82, 2.24) is 5.32 Å². The highest BCUT2D eigenvalue weighted by molar-refractivity contribution is 5.59. The van der Waals surface area contributed by atoms with E-state index in [9.17, 15) is 0 Å². The van der Waals surface area contributed by atoms with E-state index in [0.29, 0.717) is 6.04 Å². The SMILES string of the molecule is CCCC(COC)NCc1cccc2c1NCCC2. The fourth-order valence-corrected chi connectivity index (χ4v) is 2.78. The standard InChI is InChI=1S/C16H26N2O/c1-3-6-15(12-19-2)18-11-14-8-4-7-13-9-5-10-17-16(13)14/h4,7-8,15,17-18H,3,5-6,9-12H2,1-2H3. The molecule has 0 radical (unpaired) electrons. The number of rotatable bonds is 7. The lowest BCUT2D eigenvalue weighted by Gasteiger charge is -2.23. The molecule has 0 aromatic heterocycles. The van der Waals surface area contributed by atoms with Crippen molar-refractivity contribution >= 4 is 5.69 Å². The van der Waals surface area contributed by atoms with Gasteiger partial charge >= 0.3 is 0 Å². The lowest BCUT2D eigenvalue weighted by molar-refractivity contribution is 0.161. The second kappa shape index (κ2) is 7.51. The summed E-state index contributed by atoms with van der Waals surface area (Å²) in [6, 6.07) is 7.09. The summed E-state index contributed by atoms with van der Waals surface area (Å²) in [6.45, 7) is 5.03. The first-order valence-corrected chi connectivity index (χ1v) is 7.42. The van der Waals surface area contributed by atoms with E-state index >= 15 is 0 Å². The average molecular weight is 262 g/mol. The molecule has 2 rings (SSSR count). The summed E-state index contributed by atoms with van der Waals surface area (Å²) in [7, 11) is 1.77. The fourth-order valence-electron chi connectivity index (χ4n) is 2.78. The van der Waals surface area contributed by atoms with Crippen LogP contribution in [0.1, 0.15) is 37.3 Å². The Kier molecular flexibility index (Phi) is 5.67. The topological polar surface area (TPSA) is 33.3 Å². The van der Waals surface area contributed by atoms with Gasteiger partial charge in [0.2, 0.25) is 0 Å². The first-order chi connectivity index (χ1) is 9.35. The van der Waals surface area contributed by atoms with Crippen molar-refractivity contribution in [3.63, 3.8) is 0 Å². The van der Waals surface area contributed by atoms with E-state index in [1.807, 2.05) is 0 Å². The summed E-state index contributed by atoms with van der Waals surface area (Å²) in [5, 5.41) is 7.17. The fraction of sp³-hybridized carbons (Fsp3) is 0.625. The van der Waals surface area contributed by atoms with Crippen LogP contribution in [-0.4, -0.2) is 26.3 Å². The van der Waals surface area contributed by atoms with E-state index in [0.717, 1.165) is 26.1 Å². The monoisotopic (exact) mass is 262 g/mol. The summed E-state index contributed by atoms with van der Waals surface area (Å²) in [6.07, 6.45) is 4.79.